The van der Waals surface area contributed by atoms with Gasteiger partial charge < -0.3 is 10.2 Å². The number of hydrogen-bond acceptors (Lipinski definition) is 4. The molecule has 2 bridgehead atoms. The van der Waals surface area contributed by atoms with E-state index in [1.54, 1.807) is 24.3 Å². The number of anilines is 1. The first-order valence-electron chi connectivity index (χ1n) is 14.6. The molecule has 4 aliphatic rings. The lowest BCUT2D eigenvalue weighted by molar-refractivity contribution is -0.124. The number of phenolic OH excluding ortho intramolecular Hbond substituents is 2. The maximum absolute atomic E-state index is 15.0. The molecular formula is C38H29NO4. The number of amides is 2. The number of benzene rings is 5. The van der Waals surface area contributed by atoms with E-state index in [-0.39, 0.29) is 23.3 Å². The molecule has 2 unspecified atom stereocenters. The molecule has 5 aromatic rings. The van der Waals surface area contributed by atoms with Crippen molar-refractivity contribution in [3.63, 3.8) is 0 Å². The predicted octanol–water partition coefficient (Wildman–Crippen LogP) is 6.40. The van der Waals surface area contributed by atoms with E-state index in [9.17, 15) is 19.8 Å². The third kappa shape index (κ3) is 3.22. The fourth-order valence-corrected chi connectivity index (χ4v) is 8.39. The van der Waals surface area contributed by atoms with Crippen molar-refractivity contribution in [3.8, 4) is 11.5 Å². The Morgan fingerprint density at radius 1 is 0.605 bits per heavy atom. The summed E-state index contributed by atoms with van der Waals surface area (Å²) in [5.74, 6) is -1.50. The Kier molecular flexibility index (Phi) is 5.30. The van der Waals surface area contributed by atoms with E-state index in [0.29, 0.717) is 12.1 Å². The molecule has 2 atom stereocenters. The number of imide groups is 1. The van der Waals surface area contributed by atoms with Crippen molar-refractivity contribution in [1.29, 1.82) is 0 Å². The molecule has 0 aromatic heterocycles. The summed E-state index contributed by atoms with van der Waals surface area (Å²) in [7, 11) is 0. The lowest BCUT2D eigenvalue weighted by Crippen LogP contribution is -2.62. The number of carbonyl (C=O) groups is 2. The highest BCUT2D eigenvalue weighted by atomic mass is 16.3. The standard InChI is InChI=1S/C38H29NO4/c1-23-10-16-26(17-11-23)39-35(42)33-34(36(39)43)38(25-14-20-28(41)21-15-25)31-8-4-2-6-29(31)37(33,30-7-3-5-9-32(30)38)22-24-12-18-27(40)19-13-24/h2-21,33-34,40-41H,22H2,1H3. The summed E-state index contributed by atoms with van der Waals surface area (Å²) in [6.45, 7) is 1.98. The third-order valence-electron chi connectivity index (χ3n) is 10.0. The molecule has 210 valence electrons. The normalized spacial score (nSPS) is 24.9. The number of aromatic hydroxyl groups is 2. The Labute approximate surface area is 249 Å². The first-order valence-corrected chi connectivity index (χ1v) is 14.6. The monoisotopic (exact) mass is 563 g/mol. The van der Waals surface area contributed by atoms with Gasteiger partial charge in [-0.1, -0.05) is 90.5 Å². The number of rotatable bonds is 4. The number of aryl methyl sites for hydroxylation is 1. The second-order valence-electron chi connectivity index (χ2n) is 12.1. The zero-order valence-corrected chi connectivity index (χ0v) is 23.6. The van der Waals surface area contributed by atoms with Crippen LogP contribution in [0.1, 0.15) is 38.9 Å². The SMILES string of the molecule is Cc1ccc(N2C(=O)C3C(C2=O)C2(c4ccc(O)cc4)c4ccccc4C3(Cc3ccc(O)cc3)c3ccccc32)cc1. The fourth-order valence-electron chi connectivity index (χ4n) is 8.39. The van der Waals surface area contributed by atoms with Crippen LogP contribution >= 0.6 is 0 Å². The van der Waals surface area contributed by atoms with Crippen molar-refractivity contribution in [2.45, 2.75) is 24.2 Å². The van der Waals surface area contributed by atoms with Crippen molar-refractivity contribution >= 4 is 17.5 Å². The van der Waals surface area contributed by atoms with Crippen LogP contribution in [-0.4, -0.2) is 22.0 Å². The smallest absolute Gasteiger partial charge is 0.239 e. The van der Waals surface area contributed by atoms with E-state index in [1.807, 2.05) is 79.7 Å². The van der Waals surface area contributed by atoms with Gasteiger partial charge in [-0.05, 0) is 83.1 Å². The van der Waals surface area contributed by atoms with Crippen LogP contribution in [0.15, 0.2) is 121 Å². The zero-order valence-electron chi connectivity index (χ0n) is 23.6. The highest BCUT2D eigenvalue weighted by Gasteiger charge is 2.73. The van der Waals surface area contributed by atoms with E-state index in [1.165, 1.54) is 4.90 Å². The van der Waals surface area contributed by atoms with Crippen LogP contribution in [-0.2, 0) is 26.8 Å². The highest BCUT2D eigenvalue weighted by Crippen LogP contribution is 2.69. The minimum absolute atomic E-state index is 0.140. The van der Waals surface area contributed by atoms with E-state index in [2.05, 4.69) is 24.3 Å². The first kappa shape index (κ1) is 25.5. The molecular weight excluding hydrogens is 534 g/mol. The molecule has 0 radical (unpaired) electrons. The molecule has 1 aliphatic heterocycles. The summed E-state index contributed by atoms with van der Waals surface area (Å²) in [4.78, 5) is 31.3. The predicted molar refractivity (Wildman–Crippen MR) is 164 cm³/mol. The van der Waals surface area contributed by atoms with Crippen molar-refractivity contribution in [2.75, 3.05) is 4.90 Å². The average Bonchev–Trinajstić information content (AvgIpc) is 3.30. The third-order valence-corrected chi connectivity index (χ3v) is 10.0. The quantitative estimate of drug-likeness (QED) is 0.248. The first-order chi connectivity index (χ1) is 20.9. The van der Waals surface area contributed by atoms with Crippen LogP contribution in [0.4, 0.5) is 5.69 Å². The highest BCUT2D eigenvalue weighted by molar-refractivity contribution is 6.24. The second kappa shape index (κ2) is 8.92. The Morgan fingerprint density at radius 2 is 1.09 bits per heavy atom. The zero-order chi connectivity index (χ0) is 29.5. The van der Waals surface area contributed by atoms with Crippen LogP contribution in [0.25, 0.3) is 0 Å². The van der Waals surface area contributed by atoms with Gasteiger partial charge >= 0.3 is 0 Å². The Bertz CT molecular complexity index is 1880. The molecule has 3 aliphatic carbocycles. The van der Waals surface area contributed by atoms with Gasteiger partial charge in [0.05, 0.1) is 22.9 Å². The number of phenols is 2. The molecule has 2 amide bonds. The van der Waals surface area contributed by atoms with Gasteiger partial charge in [0.25, 0.3) is 0 Å². The molecule has 5 aromatic carbocycles. The molecule has 1 heterocycles. The minimum Gasteiger partial charge on any atom is -0.508 e. The largest absolute Gasteiger partial charge is 0.508 e. The van der Waals surface area contributed by atoms with Crippen LogP contribution in [0, 0.1) is 18.8 Å². The summed E-state index contributed by atoms with van der Waals surface area (Å²) in [5.41, 5.74) is 5.74. The molecule has 9 rings (SSSR count). The topological polar surface area (TPSA) is 77.8 Å². The molecule has 0 spiro atoms. The average molecular weight is 564 g/mol. The molecule has 5 heteroatoms. The van der Waals surface area contributed by atoms with Gasteiger partial charge in [0, 0.05) is 5.41 Å². The summed E-state index contributed by atoms with van der Waals surface area (Å²) in [6, 6.07) is 38.3. The van der Waals surface area contributed by atoms with Crippen molar-refractivity contribution in [2.24, 2.45) is 11.8 Å². The summed E-state index contributed by atoms with van der Waals surface area (Å²) in [6.07, 6.45) is 0.481. The Balaban J connectivity index is 1.50. The van der Waals surface area contributed by atoms with Gasteiger partial charge in [0.1, 0.15) is 11.5 Å². The van der Waals surface area contributed by atoms with Crippen LogP contribution in [0.2, 0.25) is 0 Å². The summed E-state index contributed by atoms with van der Waals surface area (Å²) < 4.78 is 0. The molecule has 43 heavy (non-hydrogen) atoms. The van der Waals surface area contributed by atoms with E-state index < -0.39 is 22.7 Å². The molecule has 5 nitrogen and oxygen atoms in total. The molecule has 1 fully saturated rings. The van der Waals surface area contributed by atoms with E-state index in [4.69, 9.17) is 0 Å². The second-order valence-corrected chi connectivity index (χ2v) is 12.1. The fraction of sp³-hybridized carbons (Fsp3) is 0.158. The van der Waals surface area contributed by atoms with Gasteiger partial charge in [0.15, 0.2) is 0 Å². The van der Waals surface area contributed by atoms with E-state index >= 15 is 0 Å². The van der Waals surface area contributed by atoms with Crippen LogP contribution in [0.5, 0.6) is 11.5 Å². The van der Waals surface area contributed by atoms with E-state index in [0.717, 1.165) is 38.9 Å². The van der Waals surface area contributed by atoms with Crippen molar-refractivity contribution in [3.05, 3.63) is 160 Å². The molecule has 0 saturated carbocycles. The minimum atomic E-state index is -0.950. The van der Waals surface area contributed by atoms with Gasteiger partial charge in [-0.25, -0.2) is 4.90 Å². The van der Waals surface area contributed by atoms with Gasteiger partial charge in [0.2, 0.25) is 11.8 Å². The summed E-state index contributed by atoms with van der Waals surface area (Å²) >= 11 is 0. The number of carbonyl (C=O) groups excluding carboxylic acids is 2. The van der Waals surface area contributed by atoms with Crippen molar-refractivity contribution in [1.82, 2.24) is 0 Å². The Morgan fingerprint density at radius 3 is 1.65 bits per heavy atom. The van der Waals surface area contributed by atoms with Crippen LogP contribution in [0.3, 0.4) is 0 Å². The number of nitrogens with zero attached hydrogens (tertiary/aromatic N) is 1. The van der Waals surface area contributed by atoms with Crippen LogP contribution < -0.4 is 4.90 Å². The maximum atomic E-state index is 15.0. The maximum Gasteiger partial charge on any atom is 0.239 e. The lowest BCUT2D eigenvalue weighted by Gasteiger charge is -2.60. The molecule has 1 saturated heterocycles. The van der Waals surface area contributed by atoms with Gasteiger partial charge in [-0.3, -0.25) is 9.59 Å². The molecule has 2 N–H and O–H groups in total. The van der Waals surface area contributed by atoms with Crippen molar-refractivity contribution < 1.29 is 19.8 Å². The Hall–Kier alpha value is -5.16. The lowest BCUT2D eigenvalue weighted by atomic mass is 9.39. The summed E-state index contributed by atoms with van der Waals surface area (Å²) in [5, 5.41) is 20.4. The number of hydrogen-bond donors (Lipinski definition) is 2. The van der Waals surface area contributed by atoms with Gasteiger partial charge in [-0.15, -0.1) is 0 Å². The van der Waals surface area contributed by atoms with Gasteiger partial charge in [-0.2, -0.15) is 0 Å².